The number of carbonyl (C=O) groups is 1. The maximum atomic E-state index is 11.3. The second-order valence-electron chi connectivity index (χ2n) is 4.31. The summed E-state index contributed by atoms with van der Waals surface area (Å²) in [6, 6.07) is 0. The fourth-order valence-electron chi connectivity index (χ4n) is 2.03. The zero-order valence-corrected chi connectivity index (χ0v) is 11.4. The van der Waals surface area contributed by atoms with E-state index in [0.717, 1.165) is 0 Å². The summed E-state index contributed by atoms with van der Waals surface area (Å²) in [5, 5.41) is 14.4. The average Bonchev–Trinajstić information content (AvgIpc) is 2.61. The van der Waals surface area contributed by atoms with Crippen LogP contribution in [-0.4, -0.2) is 35.1 Å². The van der Waals surface area contributed by atoms with Crippen molar-refractivity contribution in [3.8, 4) is 5.88 Å². The summed E-state index contributed by atoms with van der Waals surface area (Å²) in [5.74, 6) is -0.207. The largest absolute Gasteiger partial charge is 0.481 e. The van der Waals surface area contributed by atoms with Crippen LogP contribution in [0.4, 0.5) is 0 Å². The van der Waals surface area contributed by atoms with Crippen LogP contribution in [0, 0.1) is 12.8 Å². The lowest BCUT2D eigenvalue weighted by Crippen LogP contribution is -2.16. The number of carbonyl (C=O) groups excluding carboxylic acids is 1. The Bertz CT molecular complexity index is 428. The molecule has 1 aromatic heterocycles. The van der Waals surface area contributed by atoms with Gasteiger partial charge >= 0.3 is 5.97 Å². The van der Waals surface area contributed by atoms with Crippen LogP contribution < -0.4 is 4.74 Å². The van der Waals surface area contributed by atoms with Crippen molar-refractivity contribution in [2.75, 3.05) is 14.2 Å². The molecule has 0 saturated heterocycles. The number of aliphatic hydroxyl groups is 1. The quantitative estimate of drug-likeness (QED) is 0.795. The van der Waals surface area contributed by atoms with E-state index in [1.165, 1.54) is 14.2 Å². The number of esters is 1. The van der Waals surface area contributed by atoms with Crippen molar-refractivity contribution in [1.82, 2.24) is 9.78 Å². The zero-order valence-electron chi connectivity index (χ0n) is 11.4. The number of nitrogens with zero attached hydrogens (tertiary/aromatic N) is 2. The molecule has 0 bridgehead atoms. The van der Waals surface area contributed by atoms with Crippen molar-refractivity contribution in [3.05, 3.63) is 11.3 Å². The summed E-state index contributed by atoms with van der Waals surface area (Å²) < 4.78 is 11.4. The van der Waals surface area contributed by atoms with E-state index in [2.05, 4.69) is 9.84 Å². The molecule has 0 aromatic carbocycles. The fraction of sp³-hybridized carbons (Fsp3) is 0.667. The van der Waals surface area contributed by atoms with Gasteiger partial charge in [-0.05, 0) is 13.3 Å². The van der Waals surface area contributed by atoms with Gasteiger partial charge < -0.3 is 14.6 Å². The van der Waals surface area contributed by atoms with Gasteiger partial charge in [-0.1, -0.05) is 6.92 Å². The third-order valence-electron chi connectivity index (χ3n) is 2.92. The van der Waals surface area contributed by atoms with Crippen molar-refractivity contribution < 1.29 is 19.4 Å². The molecule has 0 aliphatic carbocycles. The first-order valence-corrected chi connectivity index (χ1v) is 5.75. The average molecular weight is 256 g/mol. The standard InChI is InChI=1S/C12H20N2O4/c1-7(12(16)18-5)6-9(15)10-8(2)13-14(3)11(10)17-4/h7,9,15H,6H2,1-5H3. The Hall–Kier alpha value is -1.56. The molecule has 2 unspecified atom stereocenters. The summed E-state index contributed by atoms with van der Waals surface area (Å²) in [7, 11) is 4.60. The number of methoxy groups -OCH3 is 2. The minimum Gasteiger partial charge on any atom is -0.481 e. The van der Waals surface area contributed by atoms with Crippen LogP contribution in [0.3, 0.4) is 0 Å². The summed E-state index contributed by atoms with van der Waals surface area (Å²) in [6.07, 6.45) is -0.530. The van der Waals surface area contributed by atoms with E-state index in [1.807, 2.05) is 0 Å². The number of aromatic nitrogens is 2. The SMILES string of the molecule is COC(=O)C(C)CC(O)c1c(C)nn(C)c1OC. The van der Waals surface area contributed by atoms with E-state index in [9.17, 15) is 9.90 Å². The molecule has 0 spiro atoms. The van der Waals surface area contributed by atoms with Gasteiger partial charge in [0, 0.05) is 7.05 Å². The normalized spacial score (nSPS) is 14.1. The number of aryl methyl sites for hydroxylation is 2. The molecule has 0 amide bonds. The minimum absolute atomic E-state index is 0.273. The zero-order chi connectivity index (χ0) is 13.9. The first-order valence-electron chi connectivity index (χ1n) is 5.75. The summed E-state index contributed by atoms with van der Waals surface area (Å²) in [4.78, 5) is 11.3. The molecule has 0 fully saturated rings. The Morgan fingerprint density at radius 2 is 2.11 bits per heavy atom. The van der Waals surface area contributed by atoms with Crippen LogP contribution in [0.2, 0.25) is 0 Å². The van der Waals surface area contributed by atoms with Gasteiger partial charge in [0.05, 0.1) is 37.5 Å². The molecule has 0 aliphatic rings. The third kappa shape index (κ3) is 2.81. The number of hydrogen-bond acceptors (Lipinski definition) is 5. The lowest BCUT2D eigenvalue weighted by atomic mass is 9.98. The lowest BCUT2D eigenvalue weighted by Gasteiger charge is -2.15. The Labute approximate surface area is 107 Å². The molecule has 1 N–H and O–H groups in total. The lowest BCUT2D eigenvalue weighted by molar-refractivity contribution is -0.145. The molecule has 0 radical (unpaired) electrons. The molecular formula is C12H20N2O4. The molecule has 6 nitrogen and oxygen atoms in total. The highest BCUT2D eigenvalue weighted by Gasteiger charge is 2.25. The van der Waals surface area contributed by atoms with Crippen molar-refractivity contribution in [2.45, 2.75) is 26.4 Å². The van der Waals surface area contributed by atoms with Crippen LogP contribution in [0.25, 0.3) is 0 Å². The molecule has 18 heavy (non-hydrogen) atoms. The molecule has 2 atom stereocenters. The topological polar surface area (TPSA) is 73.6 Å². The van der Waals surface area contributed by atoms with E-state index in [0.29, 0.717) is 17.1 Å². The van der Waals surface area contributed by atoms with Crippen molar-refractivity contribution in [3.63, 3.8) is 0 Å². The van der Waals surface area contributed by atoms with Gasteiger partial charge in [-0.2, -0.15) is 5.10 Å². The first-order chi connectivity index (χ1) is 8.42. The Balaban J connectivity index is 2.90. The number of ether oxygens (including phenoxy) is 2. The van der Waals surface area contributed by atoms with Crippen molar-refractivity contribution in [2.24, 2.45) is 13.0 Å². The maximum absolute atomic E-state index is 11.3. The monoisotopic (exact) mass is 256 g/mol. The first kappa shape index (κ1) is 14.5. The smallest absolute Gasteiger partial charge is 0.308 e. The van der Waals surface area contributed by atoms with E-state index < -0.39 is 6.10 Å². The van der Waals surface area contributed by atoms with E-state index in [1.54, 1.807) is 25.6 Å². The van der Waals surface area contributed by atoms with Crippen LogP contribution in [-0.2, 0) is 16.6 Å². The summed E-state index contributed by atoms with van der Waals surface area (Å²) in [6.45, 7) is 3.51. The fourth-order valence-corrected chi connectivity index (χ4v) is 2.03. The summed E-state index contributed by atoms with van der Waals surface area (Å²) in [5.41, 5.74) is 1.31. The number of aliphatic hydroxyl groups excluding tert-OH is 1. The molecule has 1 aromatic rings. The van der Waals surface area contributed by atoms with Gasteiger partial charge in [-0.15, -0.1) is 0 Å². The molecule has 102 valence electrons. The predicted molar refractivity (Wildman–Crippen MR) is 65.3 cm³/mol. The highest BCUT2D eigenvalue weighted by atomic mass is 16.5. The van der Waals surface area contributed by atoms with Gasteiger partial charge in [-0.25, -0.2) is 4.68 Å². The Kier molecular flexibility index (Phi) is 4.72. The van der Waals surface area contributed by atoms with E-state index in [-0.39, 0.29) is 18.3 Å². The van der Waals surface area contributed by atoms with Gasteiger partial charge in [0.15, 0.2) is 0 Å². The molecule has 1 heterocycles. The number of rotatable bonds is 5. The third-order valence-corrected chi connectivity index (χ3v) is 2.92. The highest BCUT2D eigenvalue weighted by Crippen LogP contribution is 2.31. The van der Waals surface area contributed by atoms with Crippen LogP contribution in [0.1, 0.15) is 30.7 Å². The molecule has 0 saturated carbocycles. The number of hydrogen-bond donors (Lipinski definition) is 1. The van der Waals surface area contributed by atoms with Gasteiger partial charge in [0.25, 0.3) is 0 Å². The van der Waals surface area contributed by atoms with Crippen molar-refractivity contribution in [1.29, 1.82) is 0 Å². The van der Waals surface area contributed by atoms with Crippen LogP contribution >= 0.6 is 0 Å². The molecule has 1 rings (SSSR count). The maximum Gasteiger partial charge on any atom is 0.308 e. The van der Waals surface area contributed by atoms with Gasteiger partial charge in [0.1, 0.15) is 0 Å². The molecule has 0 aliphatic heterocycles. The Morgan fingerprint density at radius 1 is 1.50 bits per heavy atom. The highest BCUT2D eigenvalue weighted by molar-refractivity contribution is 5.71. The summed E-state index contributed by atoms with van der Waals surface area (Å²) >= 11 is 0. The second kappa shape index (κ2) is 5.86. The van der Waals surface area contributed by atoms with E-state index >= 15 is 0 Å². The second-order valence-corrected chi connectivity index (χ2v) is 4.31. The van der Waals surface area contributed by atoms with Crippen molar-refractivity contribution >= 4 is 5.97 Å². The van der Waals surface area contributed by atoms with Gasteiger partial charge in [-0.3, -0.25) is 4.79 Å². The van der Waals surface area contributed by atoms with Gasteiger partial charge in [0.2, 0.25) is 5.88 Å². The molecular weight excluding hydrogens is 236 g/mol. The minimum atomic E-state index is -0.803. The predicted octanol–water partition coefficient (Wildman–Crippen LogP) is 0.970. The molecule has 6 heteroatoms. The van der Waals surface area contributed by atoms with Crippen LogP contribution in [0.5, 0.6) is 5.88 Å². The van der Waals surface area contributed by atoms with Crippen LogP contribution in [0.15, 0.2) is 0 Å². The van der Waals surface area contributed by atoms with E-state index in [4.69, 9.17) is 4.74 Å². The Morgan fingerprint density at radius 3 is 2.61 bits per heavy atom.